The summed E-state index contributed by atoms with van der Waals surface area (Å²) in [6, 6.07) is 0. The van der Waals surface area contributed by atoms with Crippen molar-refractivity contribution in [3.05, 3.63) is 0 Å². The molecule has 1 unspecified atom stereocenters. The lowest BCUT2D eigenvalue weighted by molar-refractivity contribution is -0.144. The van der Waals surface area contributed by atoms with Gasteiger partial charge in [-0.2, -0.15) is 0 Å². The molecular weight excluding hydrogens is 135 g/mol. The van der Waals surface area contributed by atoms with Gasteiger partial charge in [-0.3, -0.25) is 4.79 Å². The highest BCUT2D eigenvalue weighted by Crippen LogP contribution is 2.35. The summed E-state index contributed by atoms with van der Waals surface area (Å²) >= 11 is 0. The van der Waals surface area contributed by atoms with Gasteiger partial charge in [0.1, 0.15) is 6.17 Å². The van der Waals surface area contributed by atoms with E-state index in [9.17, 15) is 9.18 Å². The molecule has 10 heavy (non-hydrogen) atoms. The van der Waals surface area contributed by atoms with E-state index >= 15 is 0 Å². The van der Waals surface area contributed by atoms with Gasteiger partial charge >= 0.3 is 5.97 Å². The van der Waals surface area contributed by atoms with Crippen LogP contribution < -0.4 is 0 Å². The van der Waals surface area contributed by atoms with Crippen LogP contribution in [0.2, 0.25) is 0 Å². The average molecular weight is 146 g/mol. The Bertz CT molecular complexity index is 141. The maximum atomic E-state index is 12.2. The molecule has 1 saturated carbocycles. The minimum absolute atomic E-state index is 0.0764. The maximum Gasteiger partial charge on any atom is 0.306 e. The van der Waals surface area contributed by atoms with Gasteiger partial charge in [0.25, 0.3) is 0 Å². The van der Waals surface area contributed by atoms with Gasteiger partial charge in [-0.1, -0.05) is 6.92 Å². The van der Waals surface area contributed by atoms with Crippen molar-refractivity contribution in [1.82, 2.24) is 0 Å². The van der Waals surface area contributed by atoms with Crippen LogP contribution in [0.5, 0.6) is 0 Å². The van der Waals surface area contributed by atoms with Crippen molar-refractivity contribution in [2.24, 2.45) is 11.8 Å². The first-order valence-corrected chi connectivity index (χ1v) is 3.48. The number of aliphatic carboxylic acids is 1. The largest absolute Gasteiger partial charge is 0.481 e. The number of hydrogen-bond acceptors (Lipinski definition) is 1. The first-order chi connectivity index (χ1) is 4.61. The van der Waals surface area contributed by atoms with E-state index < -0.39 is 12.1 Å². The van der Waals surface area contributed by atoms with Crippen LogP contribution in [0.15, 0.2) is 0 Å². The molecule has 1 N–H and O–H groups in total. The summed E-state index contributed by atoms with van der Waals surface area (Å²) in [6.07, 6.45) is 0.132. The van der Waals surface area contributed by atoms with E-state index in [0.29, 0.717) is 12.8 Å². The number of halogens is 1. The lowest BCUT2D eigenvalue weighted by atomic mass is 9.75. The first kappa shape index (κ1) is 7.51. The Hall–Kier alpha value is -0.600. The highest BCUT2D eigenvalue weighted by Gasteiger charge is 2.35. The molecule has 0 bridgehead atoms. The third kappa shape index (κ3) is 1.28. The van der Waals surface area contributed by atoms with Crippen molar-refractivity contribution in [3.8, 4) is 0 Å². The van der Waals surface area contributed by atoms with Crippen LogP contribution in [0, 0.1) is 11.8 Å². The lowest BCUT2D eigenvalue weighted by Gasteiger charge is -2.32. The van der Waals surface area contributed by atoms with Crippen molar-refractivity contribution >= 4 is 5.97 Å². The number of carboxylic acids is 1. The van der Waals surface area contributed by atoms with Gasteiger partial charge < -0.3 is 5.11 Å². The molecular formula is C7H11FO2. The first-order valence-electron chi connectivity index (χ1n) is 3.48. The van der Waals surface area contributed by atoms with Gasteiger partial charge in [0.05, 0.1) is 5.92 Å². The standard InChI is InChI=1S/C7H11FO2/c1-4(7(9)10)5-2-6(8)3-5/h4-6H,2-3H2,1H3,(H,9,10). The Morgan fingerprint density at radius 3 is 2.50 bits per heavy atom. The predicted molar refractivity (Wildman–Crippen MR) is 34.4 cm³/mol. The van der Waals surface area contributed by atoms with Crippen LogP contribution >= 0.6 is 0 Å². The van der Waals surface area contributed by atoms with Crippen LogP contribution in [0.25, 0.3) is 0 Å². The molecule has 0 aromatic heterocycles. The number of rotatable bonds is 2. The fraction of sp³-hybridized carbons (Fsp3) is 0.857. The Morgan fingerprint density at radius 2 is 2.20 bits per heavy atom. The summed E-state index contributed by atoms with van der Waals surface area (Å²) in [5, 5.41) is 8.48. The maximum absolute atomic E-state index is 12.2. The molecule has 0 heterocycles. The van der Waals surface area contributed by atoms with Crippen LogP contribution in [-0.4, -0.2) is 17.2 Å². The smallest absolute Gasteiger partial charge is 0.306 e. The zero-order chi connectivity index (χ0) is 7.72. The molecule has 0 amide bonds. The fourth-order valence-corrected chi connectivity index (χ4v) is 1.20. The summed E-state index contributed by atoms with van der Waals surface area (Å²) in [5.74, 6) is -1.10. The molecule has 1 aliphatic rings. The minimum atomic E-state index is -0.808. The molecule has 0 saturated heterocycles. The number of carbonyl (C=O) groups is 1. The summed E-state index contributed by atoms with van der Waals surface area (Å²) in [6.45, 7) is 1.64. The monoisotopic (exact) mass is 146 g/mol. The van der Waals surface area contributed by atoms with E-state index in [2.05, 4.69) is 0 Å². The minimum Gasteiger partial charge on any atom is -0.481 e. The third-order valence-corrected chi connectivity index (χ3v) is 2.21. The van der Waals surface area contributed by atoms with E-state index in [0.717, 1.165) is 0 Å². The highest BCUT2D eigenvalue weighted by molar-refractivity contribution is 5.70. The quantitative estimate of drug-likeness (QED) is 0.640. The topological polar surface area (TPSA) is 37.3 Å². The van der Waals surface area contributed by atoms with Crippen LogP contribution in [-0.2, 0) is 4.79 Å². The van der Waals surface area contributed by atoms with Gasteiger partial charge in [-0.15, -0.1) is 0 Å². The van der Waals surface area contributed by atoms with Gasteiger partial charge in [0, 0.05) is 0 Å². The number of hydrogen-bond donors (Lipinski definition) is 1. The Morgan fingerprint density at radius 1 is 1.70 bits per heavy atom. The van der Waals surface area contributed by atoms with Crippen LogP contribution in [0.4, 0.5) is 4.39 Å². The molecule has 0 aromatic rings. The van der Waals surface area contributed by atoms with E-state index in [-0.39, 0.29) is 11.8 Å². The Labute approximate surface area is 59.0 Å². The van der Waals surface area contributed by atoms with Crippen molar-refractivity contribution < 1.29 is 14.3 Å². The van der Waals surface area contributed by atoms with Gasteiger partial charge in [-0.05, 0) is 18.8 Å². The van der Waals surface area contributed by atoms with E-state index in [4.69, 9.17) is 5.11 Å². The van der Waals surface area contributed by atoms with E-state index in [1.165, 1.54) is 0 Å². The second-order valence-electron chi connectivity index (χ2n) is 2.96. The van der Waals surface area contributed by atoms with E-state index in [1.54, 1.807) is 6.92 Å². The predicted octanol–water partition coefficient (Wildman–Crippen LogP) is 1.46. The number of carboxylic acid groups (broad SMARTS) is 1. The molecule has 0 aliphatic heterocycles. The third-order valence-electron chi connectivity index (χ3n) is 2.21. The van der Waals surface area contributed by atoms with Crippen molar-refractivity contribution in [3.63, 3.8) is 0 Å². The zero-order valence-electron chi connectivity index (χ0n) is 5.88. The van der Waals surface area contributed by atoms with Gasteiger partial charge in [-0.25, -0.2) is 4.39 Å². The summed E-state index contributed by atoms with van der Waals surface area (Å²) in [7, 11) is 0. The van der Waals surface area contributed by atoms with E-state index in [1.807, 2.05) is 0 Å². The van der Waals surface area contributed by atoms with Crippen LogP contribution in [0.3, 0.4) is 0 Å². The molecule has 0 aromatic carbocycles. The fourth-order valence-electron chi connectivity index (χ4n) is 1.20. The van der Waals surface area contributed by atoms with Crippen LogP contribution in [0.1, 0.15) is 19.8 Å². The molecule has 1 atom stereocenters. The molecule has 1 rings (SSSR count). The molecule has 3 heteroatoms. The zero-order valence-corrected chi connectivity index (χ0v) is 5.88. The molecule has 1 aliphatic carbocycles. The summed E-state index contributed by atoms with van der Waals surface area (Å²) in [5.41, 5.74) is 0. The molecule has 1 fully saturated rings. The number of alkyl halides is 1. The lowest BCUT2D eigenvalue weighted by Crippen LogP contribution is -2.33. The van der Waals surface area contributed by atoms with Gasteiger partial charge in [0.2, 0.25) is 0 Å². The second-order valence-corrected chi connectivity index (χ2v) is 2.96. The average Bonchev–Trinajstić information content (AvgIpc) is 1.79. The highest BCUT2D eigenvalue weighted by atomic mass is 19.1. The molecule has 58 valence electrons. The molecule has 2 nitrogen and oxygen atoms in total. The van der Waals surface area contributed by atoms with Crippen molar-refractivity contribution in [2.75, 3.05) is 0 Å². The molecule has 0 spiro atoms. The van der Waals surface area contributed by atoms with Gasteiger partial charge in [0.15, 0.2) is 0 Å². The summed E-state index contributed by atoms with van der Waals surface area (Å²) in [4.78, 5) is 10.3. The molecule has 0 radical (unpaired) electrons. The summed E-state index contributed by atoms with van der Waals surface area (Å²) < 4.78 is 12.2. The Balaban J connectivity index is 2.31. The second kappa shape index (κ2) is 2.56. The van der Waals surface area contributed by atoms with Crippen molar-refractivity contribution in [1.29, 1.82) is 0 Å². The SMILES string of the molecule is CC(C(=O)O)C1CC(F)C1. The van der Waals surface area contributed by atoms with Crippen molar-refractivity contribution in [2.45, 2.75) is 25.9 Å². The normalized spacial score (nSPS) is 34.6. The Kier molecular flexibility index (Phi) is 1.92.